The molecule has 0 spiro atoms. The van der Waals surface area contributed by atoms with Gasteiger partial charge in [0.05, 0.1) is 5.92 Å². The fourth-order valence-electron chi connectivity index (χ4n) is 2.61. The molecule has 0 bridgehead atoms. The SMILES string of the molecule is NCCNC(=O)C1CCCN(Cc2ccc(O)cc2)C1. The number of rotatable bonds is 5. The molecular weight excluding hydrogens is 254 g/mol. The number of amides is 1. The second-order valence-corrected chi connectivity index (χ2v) is 5.32. The Morgan fingerprint density at radius 3 is 2.85 bits per heavy atom. The van der Waals surface area contributed by atoms with E-state index in [0.29, 0.717) is 13.1 Å². The van der Waals surface area contributed by atoms with Crippen LogP contribution in [-0.4, -0.2) is 42.1 Å². The number of nitrogens with zero attached hydrogens (tertiary/aromatic N) is 1. The summed E-state index contributed by atoms with van der Waals surface area (Å²) in [6, 6.07) is 7.25. The molecule has 4 N–H and O–H groups in total. The Labute approximate surface area is 119 Å². The van der Waals surface area contributed by atoms with Crippen molar-refractivity contribution in [3.8, 4) is 5.75 Å². The second kappa shape index (κ2) is 7.26. The highest BCUT2D eigenvalue weighted by molar-refractivity contribution is 5.78. The van der Waals surface area contributed by atoms with Crippen molar-refractivity contribution in [2.24, 2.45) is 11.7 Å². The summed E-state index contributed by atoms with van der Waals surface area (Å²) < 4.78 is 0. The lowest BCUT2D eigenvalue weighted by Gasteiger charge is -2.32. The van der Waals surface area contributed by atoms with Crippen molar-refractivity contribution in [1.29, 1.82) is 0 Å². The molecule has 0 aromatic heterocycles. The number of piperidine rings is 1. The Kier molecular flexibility index (Phi) is 5.38. The summed E-state index contributed by atoms with van der Waals surface area (Å²) in [5.41, 5.74) is 6.56. The van der Waals surface area contributed by atoms with E-state index in [0.717, 1.165) is 38.0 Å². The van der Waals surface area contributed by atoms with Crippen molar-refractivity contribution in [2.75, 3.05) is 26.2 Å². The van der Waals surface area contributed by atoms with E-state index in [2.05, 4.69) is 10.2 Å². The maximum atomic E-state index is 12.0. The van der Waals surface area contributed by atoms with Crippen LogP contribution in [0.1, 0.15) is 18.4 Å². The van der Waals surface area contributed by atoms with Gasteiger partial charge in [-0.3, -0.25) is 9.69 Å². The number of benzene rings is 1. The molecule has 1 heterocycles. The van der Waals surface area contributed by atoms with Gasteiger partial charge in [-0.25, -0.2) is 0 Å². The molecule has 1 fully saturated rings. The maximum absolute atomic E-state index is 12.0. The average Bonchev–Trinajstić information content (AvgIpc) is 2.47. The van der Waals surface area contributed by atoms with Crippen molar-refractivity contribution in [3.05, 3.63) is 29.8 Å². The van der Waals surface area contributed by atoms with E-state index in [1.165, 1.54) is 0 Å². The van der Waals surface area contributed by atoms with Gasteiger partial charge in [0.2, 0.25) is 5.91 Å². The van der Waals surface area contributed by atoms with E-state index in [1.54, 1.807) is 12.1 Å². The van der Waals surface area contributed by atoms with Crippen LogP contribution in [0.2, 0.25) is 0 Å². The minimum atomic E-state index is 0.0624. The summed E-state index contributed by atoms with van der Waals surface area (Å²) in [5.74, 6) is 0.463. The van der Waals surface area contributed by atoms with Crippen LogP contribution in [0.5, 0.6) is 5.75 Å². The zero-order chi connectivity index (χ0) is 14.4. The number of hydrogen-bond donors (Lipinski definition) is 3. The first-order valence-electron chi connectivity index (χ1n) is 7.17. The minimum Gasteiger partial charge on any atom is -0.508 e. The van der Waals surface area contributed by atoms with E-state index in [4.69, 9.17) is 5.73 Å². The van der Waals surface area contributed by atoms with E-state index < -0.39 is 0 Å². The van der Waals surface area contributed by atoms with Gasteiger partial charge < -0.3 is 16.2 Å². The molecule has 0 aliphatic carbocycles. The molecule has 1 aliphatic heterocycles. The molecule has 2 rings (SSSR count). The molecule has 1 aliphatic rings. The third kappa shape index (κ3) is 4.21. The van der Waals surface area contributed by atoms with Crippen LogP contribution in [0.25, 0.3) is 0 Å². The van der Waals surface area contributed by atoms with E-state index in [9.17, 15) is 9.90 Å². The van der Waals surface area contributed by atoms with Crippen molar-refractivity contribution in [1.82, 2.24) is 10.2 Å². The largest absolute Gasteiger partial charge is 0.508 e. The molecule has 20 heavy (non-hydrogen) atoms. The van der Waals surface area contributed by atoms with Crippen LogP contribution < -0.4 is 11.1 Å². The Hall–Kier alpha value is -1.59. The van der Waals surface area contributed by atoms with E-state index in [-0.39, 0.29) is 17.6 Å². The van der Waals surface area contributed by atoms with Gasteiger partial charge in [0.15, 0.2) is 0 Å². The molecule has 1 atom stereocenters. The Bertz CT molecular complexity index is 433. The average molecular weight is 277 g/mol. The van der Waals surface area contributed by atoms with Crippen LogP contribution in [0.15, 0.2) is 24.3 Å². The van der Waals surface area contributed by atoms with Crippen molar-refractivity contribution >= 4 is 5.91 Å². The smallest absolute Gasteiger partial charge is 0.224 e. The first-order chi connectivity index (χ1) is 9.69. The van der Waals surface area contributed by atoms with Gasteiger partial charge in [-0.1, -0.05) is 12.1 Å². The van der Waals surface area contributed by atoms with Gasteiger partial charge in [-0.2, -0.15) is 0 Å². The molecule has 5 nitrogen and oxygen atoms in total. The number of phenols is 1. The molecule has 0 radical (unpaired) electrons. The van der Waals surface area contributed by atoms with Gasteiger partial charge in [-0.15, -0.1) is 0 Å². The first kappa shape index (κ1) is 14.8. The highest BCUT2D eigenvalue weighted by Gasteiger charge is 2.25. The van der Waals surface area contributed by atoms with Gasteiger partial charge >= 0.3 is 0 Å². The zero-order valence-corrected chi connectivity index (χ0v) is 11.7. The van der Waals surface area contributed by atoms with Gasteiger partial charge in [0.1, 0.15) is 5.75 Å². The lowest BCUT2D eigenvalue weighted by Crippen LogP contribution is -2.43. The molecule has 1 aromatic carbocycles. The van der Waals surface area contributed by atoms with Crippen LogP contribution >= 0.6 is 0 Å². The normalized spacial score (nSPS) is 19.8. The number of carbonyl (C=O) groups excluding carboxylic acids is 1. The number of carbonyl (C=O) groups is 1. The van der Waals surface area contributed by atoms with Gasteiger partial charge in [0.25, 0.3) is 0 Å². The van der Waals surface area contributed by atoms with Crippen LogP contribution in [0.4, 0.5) is 0 Å². The summed E-state index contributed by atoms with van der Waals surface area (Å²) in [4.78, 5) is 14.3. The summed E-state index contributed by atoms with van der Waals surface area (Å²) in [6.45, 7) is 3.66. The van der Waals surface area contributed by atoms with Gasteiger partial charge in [-0.05, 0) is 37.1 Å². The van der Waals surface area contributed by atoms with Crippen molar-refractivity contribution in [3.63, 3.8) is 0 Å². The molecule has 0 saturated carbocycles. The monoisotopic (exact) mass is 277 g/mol. The Morgan fingerprint density at radius 1 is 1.40 bits per heavy atom. The number of likely N-dealkylation sites (tertiary alicyclic amines) is 1. The van der Waals surface area contributed by atoms with E-state index >= 15 is 0 Å². The number of hydrogen-bond acceptors (Lipinski definition) is 4. The van der Waals surface area contributed by atoms with Crippen molar-refractivity contribution < 1.29 is 9.90 Å². The Balaban J connectivity index is 1.86. The Morgan fingerprint density at radius 2 is 2.15 bits per heavy atom. The highest BCUT2D eigenvalue weighted by atomic mass is 16.3. The molecule has 1 amide bonds. The quantitative estimate of drug-likeness (QED) is 0.739. The zero-order valence-electron chi connectivity index (χ0n) is 11.7. The standard InChI is InChI=1S/C15H23N3O2/c16-7-8-17-15(20)13-2-1-9-18(11-13)10-12-3-5-14(19)6-4-12/h3-6,13,19H,1-2,7-11,16H2,(H,17,20). The predicted molar refractivity (Wildman–Crippen MR) is 78.2 cm³/mol. The molecule has 5 heteroatoms. The first-order valence-corrected chi connectivity index (χ1v) is 7.17. The lowest BCUT2D eigenvalue weighted by molar-refractivity contribution is -0.126. The van der Waals surface area contributed by atoms with Crippen molar-refractivity contribution in [2.45, 2.75) is 19.4 Å². The molecule has 1 unspecified atom stereocenters. The van der Waals surface area contributed by atoms with E-state index in [1.807, 2.05) is 12.1 Å². The third-order valence-corrected chi connectivity index (χ3v) is 3.66. The summed E-state index contributed by atoms with van der Waals surface area (Å²) >= 11 is 0. The van der Waals surface area contributed by atoms with Crippen LogP contribution in [0, 0.1) is 5.92 Å². The second-order valence-electron chi connectivity index (χ2n) is 5.32. The summed E-state index contributed by atoms with van der Waals surface area (Å²) in [5, 5.41) is 12.2. The van der Waals surface area contributed by atoms with Crippen LogP contribution in [0.3, 0.4) is 0 Å². The lowest BCUT2D eigenvalue weighted by atomic mass is 9.96. The topological polar surface area (TPSA) is 78.6 Å². The molecule has 110 valence electrons. The summed E-state index contributed by atoms with van der Waals surface area (Å²) in [7, 11) is 0. The fourth-order valence-corrected chi connectivity index (χ4v) is 2.61. The number of aromatic hydroxyl groups is 1. The highest BCUT2D eigenvalue weighted by Crippen LogP contribution is 2.19. The number of nitrogens with one attached hydrogen (secondary N) is 1. The third-order valence-electron chi connectivity index (χ3n) is 3.66. The molecular formula is C15H23N3O2. The fraction of sp³-hybridized carbons (Fsp3) is 0.533. The summed E-state index contributed by atoms with van der Waals surface area (Å²) in [6.07, 6.45) is 1.99. The number of nitrogens with two attached hydrogens (primary N) is 1. The van der Waals surface area contributed by atoms with Crippen LogP contribution in [-0.2, 0) is 11.3 Å². The number of phenolic OH excluding ortho intramolecular Hbond substituents is 1. The molecule has 1 aromatic rings. The molecule has 1 saturated heterocycles. The predicted octanol–water partition coefficient (Wildman–Crippen LogP) is 0.679. The maximum Gasteiger partial charge on any atom is 0.224 e. The minimum absolute atomic E-state index is 0.0624. The van der Waals surface area contributed by atoms with Gasteiger partial charge in [0, 0.05) is 26.2 Å².